The Morgan fingerprint density at radius 3 is 1.90 bits per heavy atom. The van der Waals surface area contributed by atoms with Crippen LogP contribution in [-0.2, 0) is 5.41 Å². The van der Waals surface area contributed by atoms with E-state index in [4.69, 9.17) is 0 Å². The normalized spacial score (nSPS) is 13.2. The second-order valence-electron chi connectivity index (χ2n) is 11.8. The minimum absolute atomic E-state index is 0.0593. The van der Waals surface area contributed by atoms with E-state index in [0.717, 1.165) is 11.4 Å². The van der Waals surface area contributed by atoms with Gasteiger partial charge in [0.2, 0.25) is 0 Å². The maximum Gasteiger partial charge on any atom is 0.0546 e. The predicted molar refractivity (Wildman–Crippen MR) is 179 cm³/mol. The van der Waals surface area contributed by atoms with Crippen LogP contribution in [0.3, 0.4) is 0 Å². The van der Waals surface area contributed by atoms with Gasteiger partial charge in [0.15, 0.2) is 0 Å². The second-order valence-corrected chi connectivity index (χ2v) is 11.8. The van der Waals surface area contributed by atoms with Gasteiger partial charge in [0.25, 0.3) is 0 Å². The van der Waals surface area contributed by atoms with E-state index in [1.807, 2.05) is 0 Å². The molecule has 0 saturated heterocycles. The van der Waals surface area contributed by atoms with Gasteiger partial charge in [-0.15, -0.1) is 0 Å². The van der Waals surface area contributed by atoms with E-state index in [0.29, 0.717) is 0 Å². The number of hydrogen-bond donors (Lipinski definition) is 0. The molecule has 1 aliphatic rings. The van der Waals surface area contributed by atoms with Gasteiger partial charge in [0.05, 0.1) is 11.4 Å². The monoisotopic (exact) mass is 537 g/mol. The lowest BCUT2D eigenvalue weighted by Crippen LogP contribution is -2.15. The number of benzene rings is 7. The molecule has 0 atom stereocenters. The predicted octanol–water partition coefficient (Wildman–Crippen LogP) is 11.4. The summed E-state index contributed by atoms with van der Waals surface area (Å²) in [5.74, 6) is 0. The zero-order valence-corrected chi connectivity index (χ0v) is 23.9. The molecule has 7 aromatic carbocycles. The molecular formula is C41H31N. The maximum absolute atomic E-state index is 2.47. The quantitative estimate of drug-likeness (QED) is 0.202. The Labute approximate surface area is 247 Å². The van der Waals surface area contributed by atoms with Crippen molar-refractivity contribution >= 4 is 38.6 Å². The first-order chi connectivity index (χ1) is 20.6. The first-order valence-electron chi connectivity index (χ1n) is 14.7. The highest BCUT2D eigenvalue weighted by atomic mass is 15.1. The van der Waals surface area contributed by atoms with Crippen molar-refractivity contribution in [3.63, 3.8) is 0 Å². The van der Waals surface area contributed by atoms with Gasteiger partial charge in [-0.25, -0.2) is 0 Å². The summed E-state index contributed by atoms with van der Waals surface area (Å²) in [6.45, 7) is 4.73. The third-order valence-electron chi connectivity index (χ3n) is 9.03. The standard InChI is InChI=1S/C41H31N/c1-41(2)36-21-11-9-20-33(36)35-26-30-25-24-29-16-13-23-39(40(29)34(30)27-37(35)41)42(31-17-7-4-8-18-31)38-22-12-10-19-32(38)28-14-5-3-6-15-28/h3-27H,1-2H3. The molecule has 1 aliphatic carbocycles. The SMILES string of the molecule is CC1(C)c2ccccc2-c2cc3ccc4cccc(N(c5ccccc5)c5ccccc5-c5ccccc5)c4c3cc21. The van der Waals surface area contributed by atoms with Crippen molar-refractivity contribution < 1.29 is 0 Å². The molecule has 0 amide bonds. The number of anilines is 3. The molecule has 42 heavy (non-hydrogen) atoms. The summed E-state index contributed by atoms with van der Waals surface area (Å²) >= 11 is 0. The van der Waals surface area contributed by atoms with Gasteiger partial charge in [-0.05, 0) is 80.4 Å². The molecule has 1 nitrogen and oxygen atoms in total. The Hall–Kier alpha value is -5.14. The lowest BCUT2D eigenvalue weighted by Gasteiger charge is -2.29. The van der Waals surface area contributed by atoms with Crippen LogP contribution in [-0.4, -0.2) is 0 Å². The van der Waals surface area contributed by atoms with E-state index in [2.05, 4.69) is 170 Å². The molecular weight excluding hydrogens is 506 g/mol. The molecule has 0 radical (unpaired) electrons. The third-order valence-corrected chi connectivity index (χ3v) is 9.03. The Kier molecular flexibility index (Phi) is 5.55. The molecule has 200 valence electrons. The highest BCUT2D eigenvalue weighted by Crippen LogP contribution is 2.51. The maximum atomic E-state index is 2.47. The van der Waals surface area contributed by atoms with E-state index in [9.17, 15) is 0 Å². The summed E-state index contributed by atoms with van der Waals surface area (Å²) in [4.78, 5) is 2.44. The molecule has 0 heterocycles. The van der Waals surface area contributed by atoms with Gasteiger partial charge < -0.3 is 4.90 Å². The molecule has 0 aliphatic heterocycles. The van der Waals surface area contributed by atoms with E-state index in [1.165, 1.54) is 60.6 Å². The zero-order chi connectivity index (χ0) is 28.3. The number of fused-ring (bicyclic) bond motifs is 6. The average Bonchev–Trinajstić information content (AvgIpc) is 3.27. The van der Waals surface area contributed by atoms with Crippen LogP contribution in [0.1, 0.15) is 25.0 Å². The molecule has 0 fully saturated rings. The number of rotatable bonds is 4. The summed E-state index contributed by atoms with van der Waals surface area (Å²) < 4.78 is 0. The zero-order valence-electron chi connectivity index (χ0n) is 23.9. The van der Waals surface area contributed by atoms with Crippen LogP contribution < -0.4 is 4.90 Å². The summed E-state index contributed by atoms with van der Waals surface area (Å²) in [7, 11) is 0. The number of nitrogens with zero attached hydrogens (tertiary/aromatic N) is 1. The number of hydrogen-bond acceptors (Lipinski definition) is 1. The van der Waals surface area contributed by atoms with Crippen molar-refractivity contribution in [2.75, 3.05) is 4.90 Å². The van der Waals surface area contributed by atoms with Crippen LogP contribution in [0.2, 0.25) is 0 Å². The van der Waals surface area contributed by atoms with Crippen molar-refractivity contribution in [2.45, 2.75) is 19.3 Å². The first kappa shape index (κ1) is 24.6. The molecule has 0 bridgehead atoms. The van der Waals surface area contributed by atoms with E-state index in [1.54, 1.807) is 0 Å². The highest BCUT2D eigenvalue weighted by molar-refractivity contribution is 6.16. The van der Waals surface area contributed by atoms with E-state index >= 15 is 0 Å². The van der Waals surface area contributed by atoms with Crippen LogP contribution >= 0.6 is 0 Å². The number of para-hydroxylation sites is 2. The highest BCUT2D eigenvalue weighted by Gasteiger charge is 2.35. The molecule has 0 spiro atoms. The van der Waals surface area contributed by atoms with Gasteiger partial charge in [0.1, 0.15) is 0 Å². The van der Waals surface area contributed by atoms with Crippen molar-refractivity contribution in [1.29, 1.82) is 0 Å². The molecule has 8 rings (SSSR count). The fraction of sp³-hybridized carbons (Fsp3) is 0.0732. The van der Waals surface area contributed by atoms with Crippen molar-refractivity contribution in [3.8, 4) is 22.3 Å². The molecule has 0 aromatic heterocycles. The van der Waals surface area contributed by atoms with E-state index in [-0.39, 0.29) is 5.41 Å². The molecule has 0 saturated carbocycles. The van der Waals surface area contributed by atoms with Gasteiger partial charge in [-0.2, -0.15) is 0 Å². The summed E-state index contributed by atoms with van der Waals surface area (Å²) in [5, 5.41) is 5.08. The van der Waals surface area contributed by atoms with Gasteiger partial charge in [-0.3, -0.25) is 0 Å². The van der Waals surface area contributed by atoms with Crippen LogP contribution in [0, 0.1) is 0 Å². The van der Waals surface area contributed by atoms with Gasteiger partial charge in [-0.1, -0.05) is 129 Å². The second kappa shape index (κ2) is 9.46. The fourth-order valence-electron chi connectivity index (χ4n) is 6.99. The van der Waals surface area contributed by atoms with Crippen LogP contribution in [0.15, 0.2) is 152 Å². The van der Waals surface area contributed by atoms with Crippen molar-refractivity contribution in [2.24, 2.45) is 0 Å². The van der Waals surface area contributed by atoms with Gasteiger partial charge in [0, 0.05) is 22.1 Å². The van der Waals surface area contributed by atoms with Gasteiger partial charge >= 0.3 is 0 Å². The third kappa shape index (κ3) is 3.71. The molecule has 0 N–H and O–H groups in total. The Morgan fingerprint density at radius 2 is 1.10 bits per heavy atom. The Balaban J connectivity index is 1.45. The topological polar surface area (TPSA) is 3.24 Å². The largest absolute Gasteiger partial charge is 0.309 e. The Morgan fingerprint density at radius 1 is 0.452 bits per heavy atom. The molecule has 0 unspecified atom stereocenters. The van der Waals surface area contributed by atoms with Crippen molar-refractivity contribution in [3.05, 3.63) is 163 Å². The Bertz CT molecular complexity index is 2110. The minimum atomic E-state index is -0.0593. The summed E-state index contributed by atoms with van der Waals surface area (Å²) in [6, 6.07) is 55.3. The lowest BCUT2D eigenvalue weighted by atomic mass is 9.81. The fourth-order valence-corrected chi connectivity index (χ4v) is 6.99. The van der Waals surface area contributed by atoms with Crippen LogP contribution in [0.4, 0.5) is 17.1 Å². The van der Waals surface area contributed by atoms with Crippen LogP contribution in [0.5, 0.6) is 0 Å². The van der Waals surface area contributed by atoms with E-state index < -0.39 is 0 Å². The lowest BCUT2D eigenvalue weighted by molar-refractivity contribution is 0.661. The van der Waals surface area contributed by atoms with Crippen LogP contribution in [0.25, 0.3) is 43.8 Å². The van der Waals surface area contributed by atoms with Crippen molar-refractivity contribution in [1.82, 2.24) is 0 Å². The smallest absolute Gasteiger partial charge is 0.0546 e. The first-order valence-corrected chi connectivity index (χ1v) is 14.7. The average molecular weight is 538 g/mol. The molecule has 7 aromatic rings. The summed E-state index contributed by atoms with van der Waals surface area (Å²) in [5.41, 5.74) is 11.3. The molecule has 1 heteroatoms. The minimum Gasteiger partial charge on any atom is -0.309 e. The summed E-state index contributed by atoms with van der Waals surface area (Å²) in [6.07, 6.45) is 0.